The molecule has 3 N–H and O–H groups in total. The molecule has 0 spiro atoms. The molecule has 1 aromatic carbocycles. The summed E-state index contributed by atoms with van der Waals surface area (Å²) in [7, 11) is 0. The van der Waals surface area contributed by atoms with E-state index >= 15 is 0 Å². The van der Waals surface area contributed by atoms with Gasteiger partial charge in [-0.1, -0.05) is 30.7 Å². The van der Waals surface area contributed by atoms with Crippen molar-refractivity contribution in [3.63, 3.8) is 0 Å². The Kier molecular flexibility index (Phi) is 6.27. The number of alkyl halides is 3. The number of benzene rings is 1. The fourth-order valence-electron chi connectivity index (χ4n) is 2.20. The van der Waals surface area contributed by atoms with E-state index in [9.17, 15) is 13.2 Å². The zero-order valence-corrected chi connectivity index (χ0v) is 12.9. The van der Waals surface area contributed by atoms with E-state index in [1.54, 1.807) is 12.1 Å². The third kappa shape index (κ3) is 6.90. The van der Waals surface area contributed by atoms with Crippen LogP contribution in [0.2, 0.25) is 0 Å². The van der Waals surface area contributed by atoms with Crippen molar-refractivity contribution >= 4 is 5.96 Å². The van der Waals surface area contributed by atoms with E-state index in [0.717, 1.165) is 12.1 Å². The number of nitrogens with two attached hydrogens (primary N) is 1. The van der Waals surface area contributed by atoms with Crippen LogP contribution in [0.5, 0.6) is 0 Å². The Hall–Kier alpha value is -1.76. The van der Waals surface area contributed by atoms with Gasteiger partial charge in [-0.2, -0.15) is 13.2 Å². The summed E-state index contributed by atoms with van der Waals surface area (Å²) in [4.78, 5) is 4.25. The van der Waals surface area contributed by atoms with Gasteiger partial charge in [0.2, 0.25) is 0 Å². The van der Waals surface area contributed by atoms with E-state index in [2.05, 4.69) is 15.0 Å². The van der Waals surface area contributed by atoms with Gasteiger partial charge in [0.25, 0.3) is 0 Å². The summed E-state index contributed by atoms with van der Waals surface area (Å²) >= 11 is 0. The molecule has 0 unspecified atom stereocenters. The van der Waals surface area contributed by atoms with Gasteiger partial charge < -0.3 is 15.8 Å². The highest BCUT2D eigenvalue weighted by Gasteiger charge is 2.27. The lowest BCUT2D eigenvalue weighted by molar-refractivity contribution is -0.176. The molecular formula is C16H22F3N3O. The summed E-state index contributed by atoms with van der Waals surface area (Å²) in [6, 6.07) is 7.10. The first-order valence-corrected chi connectivity index (χ1v) is 7.68. The Labute approximate surface area is 133 Å². The second-order valence-corrected chi connectivity index (χ2v) is 5.80. The minimum absolute atomic E-state index is 0.0614. The highest BCUT2D eigenvalue weighted by molar-refractivity contribution is 5.77. The molecule has 0 amide bonds. The molecule has 2 rings (SSSR count). The lowest BCUT2D eigenvalue weighted by Crippen LogP contribution is -2.37. The molecule has 1 aliphatic carbocycles. The Bertz CT molecular complexity index is 510. The lowest BCUT2D eigenvalue weighted by Gasteiger charge is -2.25. The van der Waals surface area contributed by atoms with E-state index < -0.39 is 12.8 Å². The van der Waals surface area contributed by atoms with Crippen LogP contribution >= 0.6 is 0 Å². The maximum absolute atomic E-state index is 12.0. The number of halogens is 3. The average Bonchev–Trinajstić information content (AvgIpc) is 2.43. The van der Waals surface area contributed by atoms with Crippen molar-refractivity contribution < 1.29 is 17.9 Å². The molecular weight excluding hydrogens is 307 g/mol. The van der Waals surface area contributed by atoms with Gasteiger partial charge in [0.15, 0.2) is 5.96 Å². The second-order valence-electron chi connectivity index (χ2n) is 5.80. The third-order valence-electron chi connectivity index (χ3n) is 3.79. The second kappa shape index (κ2) is 8.19. The molecule has 0 aliphatic heterocycles. The maximum atomic E-state index is 12.0. The van der Waals surface area contributed by atoms with Gasteiger partial charge >= 0.3 is 6.18 Å². The number of nitrogens with one attached hydrogen (secondary N) is 1. The third-order valence-corrected chi connectivity index (χ3v) is 3.79. The Morgan fingerprint density at radius 3 is 2.43 bits per heavy atom. The largest absolute Gasteiger partial charge is 0.411 e. The van der Waals surface area contributed by atoms with Crippen LogP contribution in [0.4, 0.5) is 13.2 Å². The smallest absolute Gasteiger partial charge is 0.370 e. The monoisotopic (exact) mass is 329 g/mol. The molecule has 7 heteroatoms. The zero-order valence-electron chi connectivity index (χ0n) is 12.9. The summed E-state index contributed by atoms with van der Waals surface area (Å²) in [5.74, 6) is 1.13. The topological polar surface area (TPSA) is 59.6 Å². The fraction of sp³-hybridized carbons (Fsp3) is 0.562. The van der Waals surface area contributed by atoms with Crippen LogP contribution in [-0.4, -0.2) is 25.3 Å². The summed E-state index contributed by atoms with van der Waals surface area (Å²) in [6.07, 6.45) is -0.503. The fourth-order valence-corrected chi connectivity index (χ4v) is 2.20. The van der Waals surface area contributed by atoms with Crippen molar-refractivity contribution in [3.05, 3.63) is 35.4 Å². The highest BCUT2D eigenvalue weighted by atomic mass is 19.4. The molecule has 0 radical (unpaired) electrons. The van der Waals surface area contributed by atoms with Gasteiger partial charge in [-0.25, -0.2) is 4.99 Å². The van der Waals surface area contributed by atoms with Gasteiger partial charge in [-0.15, -0.1) is 0 Å². The minimum Gasteiger partial charge on any atom is -0.370 e. The molecule has 23 heavy (non-hydrogen) atoms. The van der Waals surface area contributed by atoms with Gasteiger partial charge in [-0.05, 0) is 29.9 Å². The molecule has 1 aromatic rings. The SMILES string of the molecule is NC(=NCc1ccc(COCC(F)(F)F)cc1)NCC1CCC1. The molecule has 1 aliphatic rings. The summed E-state index contributed by atoms with van der Waals surface area (Å²) in [6.45, 7) is 0.00832. The van der Waals surface area contributed by atoms with Gasteiger partial charge in [0.05, 0.1) is 13.2 Å². The number of rotatable bonds is 7. The number of ether oxygens (including phenoxy) is 1. The number of nitrogens with zero attached hydrogens (tertiary/aromatic N) is 1. The van der Waals surface area contributed by atoms with Crippen molar-refractivity contribution in [2.45, 2.75) is 38.6 Å². The van der Waals surface area contributed by atoms with E-state index in [1.165, 1.54) is 19.3 Å². The summed E-state index contributed by atoms with van der Waals surface area (Å²) < 4.78 is 40.6. The normalized spacial score (nSPS) is 16.2. The zero-order chi connectivity index (χ0) is 16.7. The molecule has 0 saturated heterocycles. The van der Waals surface area contributed by atoms with Gasteiger partial charge in [0, 0.05) is 6.54 Å². The van der Waals surface area contributed by atoms with Crippen molar-refractivity contribution in [3.8, 4) is 0 Å². The van der Waals surface area contributed by atoms with E-state index in [-0.39, 0.29) is 6.61 Å². The van der Waals surface area contributed by atoms with Crippen LogP contribution in [0.3, 0.4) is 0 Å². The van der Waals surface area contributed by atoms with Crippen LogP contribution in [0.15, 0.2) is 29.3 Å². The van der Waals surface area contributed by atoms with E-state index in [4.69, 9.17) is 5.73 Å². The Morgan fingerprint density at radius 1 is 1.22 bits per heavy atom. The van der Waals surface area contributed by atoms with E-state index in [1.807, 2.05) is 12.1 Å². The first-order chi connectivity index (χ1) is 10.9. The standard InChI is InChI=1S/C16H22F3N3O/c17-16(18,19)11-23-10-14-6-4-13(5-7-14)9-22-15(20)21-8-12-2-1-3-12/h4-7,12H,1-3,8-11H2,(H3,20,21,22). The predicted molar refractivity (Wildman–Crippen MR) is 82.8 cm³/mol. The number of hydrogen-bond donors (Lipinski definition) is 2. The Morgan fingerprint density at radius 2 is 1.87 bits per heavy atom. The highest BCUT2D eigenvalue weighted by Crippen LogP contribution is 2.25. The Balaban J connectivity index is 1.71. The number of guanidine groups is 1. The lowest BCUT2D eigenvalue weighted by atomic mass is 9.85. The van der Waals surface area contributed by atoms with Gasteiger partial charge in [-0.3, -0.25) is 0 Å². The van der Waals surface area contributed by atoms with Gasteiger partial charge in [0.1, 0.15) is 6.61 Å². The van der Waals surface area contributed by atoms with Crippen molar-refractivity contribution in [2.24, 2.45) is 16.6 Å². The number of aliphatic imine (C=N–C) groups is 1. The van der Waals surface area contributed by atoms with Crippen LogP contribution < -0.4 is 11.1 Å². The van der Waals surface area contributed by atoms with E-state index in [0.29, 0.717) is 24.0 Å². The molecule has 4 nitrogen and oxygen atoms in total. The average molecular weight is 329 g/mol. The minimum atomic E-state index is -4.29. The maximum Gasteiger partial charge on any atom is 0.411 e. The first kappa shape index (κ1) is 17.6. The first-order valence-electron chi connectivity index (χ1n) is 7.68. The molecule has 0 atom stereocenters. The van der Waals surface area contributed by atoms with Crippen molar-refractivity contribution in [1.82, 2.24) is 5.32 Å². The number of hydrogen-bond acceptors (Lipinski definition) is 2. The van der Waals surface area contributed by atoms with Crippen LogP contribution in [0.1, 0.15) is 30.4 Å². The molecule has 0 bridgehead atoms. The van der Waals surface area contributed by atoms with Crippen molar-refractivity contribution in [2.75, 3.05) is 13.2 Å². The molecule has 1 fully saturated rings. The van der Waals surface area contributed by atoms with Crippen molar-refractivity contribution in [1.29, 1.82) is 0 Å². The predicted octanol–water partition coefficient (Wildman–Crippen LogP) is 2.97. The quantitative estimate of drug-likeness (QED) is 0.597. The summed E-state index contributed by atoms with van der Waals surface area (Å²) in [5.41, 5.74) is 7.43. The van der Waals surface area contributed by atoms with Crippen LogP contribution in [0.25, 0.3) is 0 Å². The van der Waals surface area contributed by atoms with Crippen LogP contribution in [0, 0.1) is 5.92 Å². The molecule has 128 valence electrons. The molecule has 0 aromatic heterocycles. The molecule has 0 heterocycles. The van der Waals surface area contributed by atoms with Crippen LogP contribution in [-0.2, 0) is 17.9 Å². The summed E-state index contributed by atoms with van der Waals surface area (Å²) in [5, 5.41) is 3.11. The molecule has 1 saturated carbocycles.